The van der Waals surface area contributed by atoms with Crippen LogP contribution in [0.25, 0.3) is 0 Å². The molecule has 11 heavy (non-hydrogen) atoms. The Morgan fingerprint density at radius 2 is 1.82 bits per heavy atom. The Morgan fingerprint density at radius 1 is 1.27 bits per heavy atom. The molecule has 59 valence electrons. The summed E-state index contributed by atoms with van der Waals surface area (Å²) in [4.78, 5) is 0. The number of benzene rings is 1. The van der Waals surface area contributed by atoms with E-state index in [1.807, 2.05) is 0 Å². The fourth-order valence-electron chi connectivity index (χ4n) is 0.875. The van der Waals surface area contributed by atoms with Gasteiger partial charge in [-0.2, -0.15) is 0 Å². The molecule has 0 aromatic heterocycles. The first kappa shape index (κ1) is 8.08. The summed E-state index contributed by atoms with van der Waals surface area (Å²) < 4.78 is 4.95. The first-order valence-electron chi connectivity index (χ1n) is 3.54. The Labute approximate surface area is 66.4 Å². The molecular formula is C9H11O2. The summed E-state index contributed by atoms with van der Waals surface area (Å²) in [6.45, 7) is 1.63. The van der Waals surface area contributed by atoms with Crippen molar-refractivity contribution in [2.75, 3.05) is 7.11 Å². The van der Waals surface area contributed by atoms with Crippen LogP contribution in [0.4, 0.5) is 0 Å². The van der Waals surface area contributed by atoms with Gasteiger partial charge >= 0.3 is 0 Å². The molecule has 0 saturated heterocycles. The third kappa shape index (κ3) is 1.95. The SMILES string of the molecule is COc1ccc(C(C)[O])cc1. The first-order chi connectivity index (χ1) is 5.24. The lowest BCUT2D eigenvalue weighted by Crippen LogP contribution is -1.88. The molecule has 1 rings (SSSR count). The Morgan fingerprint density at radius 3 is 2.18 bits per heavy atom. The van der Waals surface area contributed by atoms with Crippen molar-refractivity contribution in [3.8, 4) is 5.75 Å². The van der Waals surface area contributed by atoms with Crippen LogP contribution in [0.5, 0.6) is 5.75 Å². The van der Waals surface area contributed by atoms with Gasteiger partial charge in [0.25, 0.3) is 0 Å². The molecule has 0 spiro atoms. The second kappa shape index (κ2) is 3.39. The Balaban J connectivity index is 2.83. The van der Waals surface area contributed by atoms with E-state index < -0.39 is 6.10 Å². The van der Waals surface area contributed by atoms with Crippen LogP contribution in [0, 0.1) is 0 Å². The predicted molar refractivity (Wildman–Crippen MR) is 42.1 cm³/mol. The van der Waals surface area contributed by atoms with E-state index in [-0.39, 0.29) is 0 Å². The molecule has 1 radical (unpaired) electrons. The topological polar surface area (TPSA) is 29.1 Å². The molecule has 0 aliphatic heterocycles. The number of hydrogen-bond donors (Lipinski definition) is 0. The van der Waals surface area contributed by atoms with E-state index in [2.05, 4.69) is 0 Å². The van der Waals surface area contributed by atoms with E-state index in [4.69, 9.17) is 4.74 Å². The van der Waals surface area contributed by atoms with Gasteiger partial charge in [-0.1, -0.05) is 12.1 Å². The standard InChI is InChI=1S/C9H11O2/c1-7(10)8-3-5-9(11-2)6-4-8/h3-7H,1-2H3. The zero-order valence-corrected chi connectivity index (χ0v) is 6.70. The highest BCUT2D eigenvalue weighted by molar-refractivity contribution is 5.27. The van der Waals surface area contributed by atoms with E-state index in [1.54, 1.807) is 38.3 Å². The van der Waals surface area contributed by atoms with Crippen molar-refractivity contribution in [1.29, 1.82) is 0 Å². The summed E-state index contributed by atoms with van der Waals surface area (Å²) in [5.41, 5.74) is 0.797. The van der Waals surface area contributed by atoms with Crippen molar-refractivity contribution in [1.82, 2.24) is 0 Å². The molecule has 0 saturated carbocycles. The maximum atomic E-state index is 10.9. The molecule has 0 heterocycles. The number of methoxy groups -OCH3 is 1. The molecule has 1 unspecified atom stereocenters. The third-order valence-corrected chi connectivity index (χ3v) is 1.59. The summed E-state index contributed by atoms with van der Waals surface area (Å²) in [5, 5.41) is 10.9. The molecule has 1 aromatic carbocycles. The quantitative estimate of drug-likeness (QED) is 0.637. The molecule has 1 atom stereocenters. The van der Waals surface area contributed by atoms with Gasteiger partial charge in [-0.25, -0.2) is 5.11 Å². The lowest BCUT2D eigenvalue weighted by atomic mass is 10.1. The van der Waals surface area contributed by atoms with Gasteiger partial charge in [0.2, 0.25) is 0 Å². The lowest BCUT2D eigenvalue weighted by Gasteiger charge is -2.02. The second-order valence-corrected chi connectivity index (χ2v) is 2.42. The maximum Gasteiger partial charge on any atom is 0.118 e. The maximum absolute atomic E-state index is 10.9. The van der Waals surface area contributed by atoms with Gasteiger partial charge in [0.05, 0.1) is 7.11 Å². The Hall–Kier alpha value is -1.02. The van der Waals surface area contributed by atoms with E-state index in [0.717, 1.165) is 11.3 Å². The second-order valence-electron chi connectivity index (χ2n) is 2.42. The van der Waals surface area contributed by atoms with Gasteiger partial charge in [-0.05, 0) is 24.6 Å². The summed E-state index contributed by atoms with van der Waals surface area (Å²) in [6, 6.07) is 7.17. The van der Waals surface area contributed by atoms with E-state index in [0.29, 0.717) is 0 Å². The first-order valence-corrected chi connectivity index (χ1v) is 3.54. The molecule has 1 aromatic rings. The van der Waals surface area contributed by atoms with Crippen molar-refractivity contribution < 1.29 is 9.84 Å². The third-order valence-electron chi connectivity index (χ3n) is 1.59. The summed E-state index contributed by atoms with van der Waals surface area (Å²) in [6.07, 6.45) is -0.652. The van der Waals surface area contributed by atoms with Crippen LogP contribution in [0.15, 0.2) is 24.3 Å². The monoisotopic (exact) mass is 151 g/mol. The predicted octanol–water partition coefficient (Wildman–Crippen LogP) is 2.19. The number of rotatable bonds is 2. The van der Waals surface area contributed by atoms with Crippen molar-refractivity contribution in [2.45, 2.75) is 13.0 Å². The largest absolute Gasteiger partial charge is 0.497 e. The fourth-order valence-corrected chi connectivity index (χ4v) is 0.875. The zero-order valence-electron chi connectivity index (χ0n) is 6.70. The van der Waals surface area contributed by atoms with Crippen molar-refractivity contribution in [2.24, 2.45) is 0 Å². The van der Waals surface area contributed by atoms with Crippen LogP contribution in [0.2, 0.25) is 0 Å². The van der Waals surface area contributed by atoms with Gasteiger partial charge in [-0.3, -0.25) is 0 Å². The summed E-state index contributed by atoms with van der Waals surface area (Å²) in [5.74, 6) is 0.786. The average Bonchev–Trinajstić information content (AvgIpc) is 2.05. The fraction of sp³-hybridized carbons (Fsp3) is 0.333. The minimum absolute atomic E-state index is 0.652. The van der Waals surface area contributed by atoms with Gasteiger partial charge in [-0.15, -0.1) is 0 Å². The molecule has 2 heteroatoms. The highest BCUT2D eigenvalue weighted by Crippen LogP contribution is 2.16. The van der Waals surface area contributed by atoms with Crippen molar-refractivity contribution in [3.05, 3.63) is 29.8 Å². The molecule has 0 bridgehead atoms. The molecule has 0 N–H and O–H groups in total. The van der Waals surface area contributed by atoms with Crippen molar-refractivity contribution >= 4 is 0 Å². The van der Waals surface area contributed by atoms with Crippen LogP contribution >= 0.6 is 0 Å². The molecular weight excluding hydrogens is 140 g/mol. The molecule has 0 aliphatic rings. The van der Waals surface area contributed by atoms with Gasteiger partial charge in [0.1, 0.15) is 11.9 Å². The average molecular weight is 151 g/mol. The highest BCUT2D eigenvalue weighted by Gasteiger charge is 2.00. The minimum atomic E-state index is -0.652. The minimum Gasteiger partial charge on any atom is -0.497 e. The van der Waals surface area contributed by atoms with E-state index in [9.17, 15) is 5.11 Å². The normalized spacial score (nSPS) is 12.6. The highest BCUT2D eigenvalue weighted by atomic mass is 16.5. The molecule has 2 nitrogen and oxygen atoms in total. The van der Waals surface area contributed by atoms with Crippen LogP contribution in [0.1, 0.15) is 18.6 Å². The van der Waals surface area contributed by atoms with Gasteiger partial charge in [0, 0.05) is 0 Å². The van der Waals surface area contributed by atoms with Crippen LogP contribution < -0.4 is 4.74 Å². The number of ether oxygens (including phenoxy) is 1. The number of hydrogen-bond acceptors (Lipinski definition) is 1. The molecule has 0 fully saturated rings. The van der Waals surface area contributed by atoms with Gasteiger partial charge in [0.15, 0.2) is 0 Å². The Bertz CT molecular complexity index is 214. The van der Waals surface area contributed by atoms with E-state index >= 15 is 0 Å². The summed E-state index contributed by atoms with van der Waals surface area (Å²) in [7, 11) is 1.61. The van der Waals surface area contributed by atoms with Gasteiger partial charge < -0.3 is 4.74 Å². The van der Waals surface area contributed by atoms with E-state index in [1.165, 1.54) is 0 Å². The smallest absolute Gasteiger partial charge is 0.118 e. The van der Waals surface area contributed by atoms with Crippen molar-refractivity contribution in [3.63, 3.8) is 0 Å². The lowest BCUT2D eigenvalue weighted by molar-refractivity contribution is 0.106. The van der Waals surface area contributed by atoms with Crippen LogP contribution in [-0.4, -0.2) is 7.11 Å². The zero-order chi connectivity index (χ0) is 8.27. The van der Waals surface area contributed by atoms with Crippen LogP contribution in [0.3, 0.4) is 0 Å². The molecule has 0 amide bonds. The Kier molecular flexibility index (Phi) is 2.49. The molecule has 0 aliphatic carbocycles. The summed E-state index contributed by atoms with van der Waals surface area (Å²) >= 11 is 0. The van der Waals surface area contributed by atoms with Crippen LogP contribution in [-0.2, 0) is 5.11 Å².